The van der Waals surface area contributed by atoms with Gasteiger partial charge in [0.1, 0.15) is 35.7 Å². The van der Waals surface area contributed by atoms with Crippen molar-refractivity contribution in [1.82, 2.24) is 15.0 Å². The molecule has 4 aromatic rings. The van der Waals surface area contributed by atoms with E-state index < -0.39 is 0 Å². The van der Waals surface area contributed by atoms with Crippen molar-refractivity contribution in [3.05, 3.63) is 86.0 Å². The van der Waals surface area contributed by atoms with Crippen molar-refractivity contribution in [2.45, 2.75) is 20.4 Å². The van der Waals surface area contributed by atoms with Gasteiger partial charge in [-0.15, -0.1) is 0 Å². The van der Waals surface area contributed by atoms with Crippen LogP contribution in [0.2, 0.25) is 0 Å². The Morgan fingerprint density at radius 1 is 0.727 bits per heavy atom. The van der Waals surface area contributed by atoms with E-state index in [1.807, 2.05) is 29.1 Å². The summed E-state index contributed by atoms with van der Waals surface area (Å²) in [5, 5.41) is 9.74. The molecule has 0 aliphatic carbocycles. The van der Waals surface area contributed by atoms with Crippen molar-refractivity contribution in [2.75, 3.05) is 13.2 Å². The SMILES string of the molecule is C=CCOc1ccc(-c2ccc(-c3ccc(OCC=C)cc3)c3nn(CC(C)C)nc23)cc1. The van der Waals surface area contributed by atoms with Crippen molar-refractivity contribution in [1.29, 1.82) is 0 Å². The van der Waals surface area contributed by atoms with Gasteiger partial charge < -0.3 is 9.47 Å². The lowest BCUT2D eigenvalue weighted by molar-refractivity contribution is 0.363. The maximum absolute atomic E-state index is 5.63. The quantitative estimate of drug-likeness (QED) is 0.263. The lowest BCUT2D eigenvalue weighted by Crippen LogP contribution is -2.07. The summed E-state index contributed by atoms with van der Waals surface area (Å²) < 4.78 is 11.3. The zero-order valence-electron chi connectivity index (χ0n) is 19.2. The Hall–Kier alpha value is -3.86. The maximum Gasteiger partial charge on any atom is 0.121 e. The van der Waals surface area contributed by atoms with E-state index in [-0.39, 0.29) is 0 Å². The summed E-state index contributed by atoms with van der Waals surface area (Å²) in [5.74, 6) is 2.07. The number of fused-ring (bicyclic) bond motifs is 1. The van der Waals surface area contributed by atoms with E-state index >= 15 is 0 Å². The molecule has 0 unspecified atom stereocenters. The Kier molecular flexibility index (Phi) is 6.89. The molecular formula is C28H29N3O2. The first-order valence-corrected chi connectivity index (χ1v) is 11.1. The summed E-state index contributed by atoms with van der Waals surface area (Å²) in [6, 6.07) is 20.3. The first-order chi connectivity index (χ1) is 16.1. The summed E-state index contributed by atoms with van der Waals surface area (Å²) in [6.45, 7) is 13.5. The Balaban J connectivity index is 1.76. The molecule has 0 fully saturated rings. The Bertz CT molecular complexity index is 1150. The number of aromatic nitrogens is 3. The van der Waals surface area contributed by atoms with Gasteiger partial charge in [-0.25, -0.2) is 0 Å². The fourth-order valence-electron chi connectivity index (χ4n) is 3.68. The van der Waals surface area contributed by atoms with E-state index in [9.17, 15) is 0 Å². The van der Waals surface area contributed by atoms with Gasteiger partial charge >= 0.3 is 0 Å². The van der Waals surface area contributed by atoms with Crippen LogP contribution < -0.4 is 9.47 Å². The molecule has 1 heterocycles. The highest BCUT2D eigenvalue weighted by Gasteiger charge is 2.16. The van der Waals surface area contributed by atoms with Gasteiger partial charge in [-0.3, -0.25) is 0 Å². The third kappa shape index (κ3) is 5.14. The average molecular weight is 440 g/mol. The van der Waals surface area contributed by atoms with E-state index in [1.165, 1.54) is 0 Å². The van der Waals surface area contributed by atoms with Crippen molar-refractivity contribution in [3.8, 4) is 33.8 Å². The Labute approximate surface area is 195 Å². The van der Waals surface area contributed by atoms with Crippen molar-refractivity contribution < 1.29 is 9.47 Å². The number of ether oxygens (including phenoxy) is 2. The Morgan fingerprint density at radius 2 is 1.15 bits per heavy atom. The highest BCUT2D eigenvalue weighted by atomic mass is 16.5. The zero-order chi connectivity index (χ0) is 23.2. The van der Waals surface area contributed by atoms with Gasteiger partial charge in [-0.2, -0.15) is 15.0 Å². The predicted octanol–water partition coefficient (Wildman–Crippen LogP) is 6.55. The van der Waals surface area contributed by atoms with Crippen LogP contribution in [0, 0.1) is 5.92 Å². The molecule has 0 saturated heterocycles. The molecule has 0 radical (unpaired) electrons. The Morgan fingerprint density at radius 3 is 1.52 bits per heavy atom. The number of hydrogen-bond acceptors (Lipinski definition) is 4. The minimum atomic E-state index is 0.446. The van der Waals surface area contributed by atoms with Crippen LogP contribution >= 0.6 is 0 Å². The topological polar surface area (TPSA) is 49.2 Å². The van der Waals surface area contributed by atoms with Gasteiger partial charge in [0, 0.05) is 11.1 Å². The molecule has 5 nitrogen and oxygen atoms in total. The van der Waals surface area contributed by atoms with Crippen LogP contribution in [0.4, 0.5) is 0 Å². The van der Waals surface area contributed by atoms with Crippen LogP contribution in [0.3, 0.4) is 0 Å². The summed E-state index contributed by atoms with van der Waals surface area (Å²) in [7, 11) is 0. The maximum atomic E-state index is 5.63. The van der Waals surface area contributed by atoms with Crippen LogP contribution in [0.15, 0.2) is 86.0 Å². The smallest absolute Gasteiger partial charge is 0.121 e. The van der Waals surface area contributed by atoms with Crippen LogP contribution in [0.25, 0.3) is 33.3 Å². The fourth-order valence-corrected chi connectivity index (χ4v) is 3.68. The molecule has 0 amide bonds. The first kappa shape index (κ1) is 22.3. The molecule has 4 rings (SSSR count). The first-order valence-electron chi connectivity index (χ1n) is 11.1. The second-order valence-electron chi connectivity index (χ2n) is 8.25. The van der Waals surface area contributed by atoms with Crippen LogP contribution in [-0.2, 0) is 6.54 Å². The van der Waals surface area contributed by atoms with E-state index in [0.717, 1.165) is 51.3 Å². The second-order valence-corrected chi connectivity index (χ2v) is 8.25. The molecule has 0 atom stereocenters. The highest BCUT2D eigenvalue weighted by Crippen LogP contribution is 2.35. The number of hydrogen-bond donors (Lipinski definition) is 0. The van der Waals surface area contributed by atoms with E-state index in [1.54, 1.807) is 12.2 Å². The average Bonchev–Trinajstić information content (AvgIpc) is 3.24. The van der Waals surface area contributed by atoms with Crippen LogP contribution in [0.5, 0.6) is 11.5 Å². The molecule has 168 valence electrons. The molecule has 0 aliphatic heterocycles. The normalized spacial score (nSPS) is 11.0. The van der Waals surface area contributed by atoms with Gasteiger partial charge in [0.15, 0.2) is 0 Å². The fraction of sp³-hybridized carbons (Fsp3) is 0.214. The highest BCUT2D eigenvalue weighted by molar-refractivity contribution is 6.00. The number of rotatable bonds is 10. The summed E-state index contributed by atoms with van der Waals surface area (Å²) >= 11 is 0. The number of nitrogens with zero attached hydrogens (tertiary/aromatic N) is 3. The summed E-state index contributed by atoms with van der Waals surface area (Å²) in [6.07, 6.45) is 3.47. The zero-order valence-corrected chi connectivity index (χ0v) is 19.2. The van der Waals surface area contributed by atoms with Gasteiger partial charge in [0.2, 0.25) is 0 Å². The van der Waals surface area contributed by atoms with E-state index in [0.29, 0.717) is 19.1 Å². The molecule has 3 aromatic carbocycles. The van der Waals surface area contributed by atoms with E-state index in [4.69, 9.17) is 19.7 Å². The second kappa shape index (κ2) is 10.2. The van der Waals surface area contributed by atoms with Crippen molar-refractivity contribution >= 4 is 11.0 Å². The van der Waals surface area contributed by atoms with Gasteiger partial charge in [-0.1, -0.05) is 75.6 Å². The van der Waals surface area contributed by atoms with E-state index in [2.05, 4.69) is 63.4 Å². The van der Waals surface area contributed by atoms with Gasteiger partial charge in [0.05, 0.1) is 6.54 Å². The third-order valence-corrected chi connectivity index (χ3v) is 5.18. The molecule has 0 spiro atoms. The molecular weight excluding hydrogens is 410 g/mol. The standard InChI is InChI=1S/C28H29N3O2/c1-5-17-32-23-11-7-21(8-12-23)25-15-16-26(22-9-13-24(14-10-22)33-18-6-2)28-27(25)29-31(30-28)19-20(3)4/h5-16,20H,1-2,17-19H2,3-4H3. The van der Waals surface area contributed by atoms with Crippen molar-refractivity contribution in [2.24, 2.45) is 5.92 Å². The van der Waals surface area contributed by atoms with Gasteiger partial charge in [-0.05, 0) is 41.3 Å². The molecule has 0 N–H and O–H groups in total. The predicted molar refractivity (Wildman–Crippen MR) is 135 cm³/mol. The largest absolute Gasteiger partial charge is 0.490 e. The minimum Gasteiger partial charge on any atom is -0.490 e. The molecule has 33 heavy (non-hydrogen) atoms. The third-order valence-electron chi connectivity index (χ3n) is 5.18. The molecule has 5 heteroatoms. The summed E-state index contributed by atoms with van der Waals surface area (Å²) in [5.41, 5.74) is 6.01. The number of benzene rings is 3. The molecule has 0 bridgehead atoms. The summed E-state index contributed by atoms with van der Waals surface area (Å²) in [4.78, 5) is 1.81. The molecule has 0 saturated carbocycles. The minimum absolute atomic E-state index is 0.446. The van der Waals surface area contributed by atoms with Crippen molar-refractivity contribution in [3.63, 3.8) is 0 Å². The monoisotopic (exact) mass is 439 g/mol. The lowest BCUT2D eigenvalue weighted by Gasteiger charge is -2.09. The van der Waals surface area contributed by atoms with Gasteiger partial charge in [0.25, 0.3) is 0 Å². The van der Waals surface area contributed by atoms with Crippen LogP contribution in [-0.4, -0.2) is 28.2 Å². The van der Waals surface area contributed by atoms with Crippen LogP contribution in [0.1, 0.15) is 13.8 Å². The lowest BCUT2D eigenvalue weighted by atomic mass is 9.98. The molecule has 1 aromatic heterocycles. The molecule has 0 aliphatic rings.